The van der Waals surface area contributed by atoms with Crippen LogP contribution in [0.25, 0.3) is 0 Å². The van der Waals surface area contributed by atoms with Gasteiger partial charge in [-0.25, -0.2) is 4.90 Å². The van der Waals surface area contributed by atoms with Crippen molar-refractivity contribution in [3.05, 3.63) is 54.1 Å². The molecule has 3 atom stereocenters. The number of aliphatic hydroxyl groups is 4. The molecule has 2 aromatic carbocycles. The molecular weight excluding hydrogens is 433 g/mol. The molecule has 3 unspecified atom stereocenters. The summed E-state index contributed by atoms with van der Waals surface area (Å²) >= 11 is 4.33. The van der Waals surface area contributed by atoms with Gasteiger partial charge in [0.1, 0.15) is 0 Å². The molecule has 0 aromatic heterocycles. The zero-order valence-corrected chi connectivity index (χ0v) is 17.3. The van der Waals surface area contributed by atoms with E-state index in [1.54, 1.807) is 25.1 Å². The monoisotopic (exact) mass is 454 g/mol. The van der Waals surface area contributed by atoms with Crippen molar-refractivity contribution in [2.24, 2.45) is 10.8 Å². The lowest BCUT2D eigenvalue weighted by Gasteiger charge is -2.50. The van der Waals surface area contributed by atoms with Gasteiger partial charge in [0, 0.05) is 22.0 Å². The summed E-state index contributed by atoms with van der Waals surface area (Å²) in [5, 5.41) is 45.2. The minimum Gasteiger partial charge on any atom is -0.348 e. The molecule has 0 radical (unpaired) electrons. The zero-order valence-electron chi connectivity index (χ0n) is 16.4. The van der Waals surface area contributed by atoms with Crippen molar-refractivity contribution in [1.29, 1.82) is 0 Å². The quantitative estimate of drug-likeness (QED) is 0.354. The largest absolute Gasteiger partial charge is 0.416 e. The molecular formula is C21H21F3N2O4S. The van der Waals surface area contributed by atoms with Crippen molar-refractivity contribution in [2.45, 2.75) is 48.8 Å². The van der Waals surface area contributed by atoms with E-state index >= 15 is 0 Å². The highest BCUT2D eigenvalue weighted by atomic mass is 32.1. The topological polar surface area (TPSA) is 87.4 Å². The number of alkyl halides is 3. The SMILES string of the molecule is CC12CC13CC3N(c1ccc(C(F)(F)F)cc1)C(O)(O)N(c1ccccc1S)C2(O)O. The van der Waals surface area contributed by atoms with Crippen LogP contribution in [-0.4, -0.2) is 38.4 Å². The first kappa shape index (κ1) is 20.9. The highest BCUT2D eigenvalue weighted by Crippen LogP contribution is 2.84. The minimum absolute atomic E-state index is 0.0577. The Balaban J connectivity index is 1.68. The Morgan fingerprint density at radius 1 is 1.00 bits per heavy atom. The van der Waals surface area contributed by atoms with Crippen molar-refractivity contribution in [2.75, 3.05) is 9.80 Å². The molecule has 10 heteroatoms. The lowest BCUT2D eigenvalue weighted by molar-refractivity contribution is -0.272. The van der Waals surface area contributed by atoms with Crippen LogP contribution in [0.5, 0.6) is 0 Å². The Labute approximate surface area is 181 Å². The van der Waals surface area contributed by atoms with Gasteiger partial charge in [-0.2, -0.15) is 13.2 Å². The van der Waals surface area contributed by atoms with Gasteiger partial charge >= 0.3 is 12.2 Å². The number of thiol groups is 1. The van der Waals surface area contributed by atoms with E-state index in [2.05, 4.69) is 12.6 Å². The number of anilines is 2. The molecule has 1 heterocycles. The molecule has 6 nitrogen and oxygen atoms in total. The van der Waals surface area contributed by atoms with E-state index in [0.29, 0.717) is 17.7 Å². The van der Waals surface area contributed by atoms with E-state index in [1.165, 1.54) is 6.07 Å². The third kappa shape index (κ3) is 2.56. The first-order valence-electron chi connectivity index (χ1n) is 9.72. The Bertz CT molecular complexity index is 1060. The summed E-state index contributed by atoms with van der Waals surface area (Å²) in [6.45, 7) is 1.66. The van der Waals surface area contributed by atoms with E-state index in [9.17, 15) is 33.6 Å². The van der Waals surface area contributed by atoms with Gasteiger partial charge in [-0.15, -0.1) is 12.6 Å². The Hall–Kier alpha value is -1.98. The predicted molar refractivity (Wildman–Crippen MR) is 108 cm³/mol. The van der Waals surface area contributed by atoms with Crippen molar-refractivity contribution < 1.29 is 33.6 Å². The molecule has 166 valence electrons. The average Bonchev–Trinajstić information content (AvgIpc) is 3.52. The number of hydrogen-bond acceptors (Lipinski definition) is 7. The van der Waals surface area contributed by atoms with Gasteiger partial charge in [0.25, 0.3) is 5.91 Å². The third-order valence-corrected chi connectivity index (χ3v) is 7.64. The fourth-order valence-electron chi connectivity index (χ4n) is 5.37. The zero-order chi connectivity index (χ0) is 22.6. The lowest BCUT2D eigenvalue weighted by Crippen LogP contribution is -2.71. The van der Waals surface area contributed by atoms with Gasteiger partial charge in [0.05, 0.1) is 16.7 Å². The second-order valence-corrected chi connectivity index (χ2v) is 9.34. The van der Waals surface area contributed by atoms with Crippen molar-refractivity contribution in [3.8, 4) is 0 Å². The summed E-state index contributed by atoms with van der Waals surface area (Å²) in [6, 6.07) is 6.83. The van der Waals surface area contributed by atoms with Gasteiger partial charge in [0.15, 0.2) is 0 Å². The predicted octanol–water partition coefficient (Wildman–Crippen LogP) is 2.72. The average molecular weight is 454 g/mol. The fourth-order valence-corrected chi connectivity index (χ4v) is 5.63. The van der Waals surface area contributed by atoms with E-state index in [1.807, 2.05) is 0 Å². The number of halogens is 3. The summed E-state index contributed by atoms with van der Waals surface area (Å²) in [4.78, 5) is 2.11. The van der Waals surface area contributed by atoms with Crippen LogP contribution < -0.4 is 9.80 Å². The van der Waals surface area contributed by atoms with Crippen LogP contribution in [0.4, 0.5) is 24.5 Å². The first-order chi connectivity index (χ1) is 14.3. The normalized spacial score (nSPS) is 32.7. The summed E-state index contributed by atoms with van der Waals surface area (Å²) < 4.78 is 39.0. The van der Waals surface area contributed by atoms with Crippen LogP contribution in [0.15, 0.2) is 53.4 Å². The molecule has 2 saturated carbocycles. The number of nitrogens with zero attached hydrogens (tertiary/aromatic N) is 2. The van der Waals surface area contributed by atoms with Crippen LogP contribution in [0.2, 0.25) is 0 Å². The van der Waals surface area contributed by atoms with Crippen LogP contribution in [0, 0.1) is 10.8 Å². The van der Waals surface area contributed by atoms with Crippen molar-refractivity contribution in [1.82, 2.24) is 0 Å². The lowest BCUT2D eigenvalue weighted by atomic mass is 9.98. The minimum atomic E-state index is -4.54. The molecule has 3 aliphatic rings. The van der Waals surface area contributed by atoms with Crippen LogP contribution in [-0.2, 0) is 6.18 Å². The van der Waals surface area contributed by atoms with Crippen molar-refractivity contribution >= 4 is 24.0 Å². The highest BCUT2D eigenvalue weighted by molar-refractivity contribution is 7.80. The smallest absolute Gasteiger partial charge is 0.348 e. The summed E-state index contributed by atoms with van der Waals surface area (Å²) in [7, 11) is 0. The molecule has 31 heavy (non-hydrogen) atoms. The van der Waals surface area contributed by atoms with E-state index < -0.39 is 40.6 Å². The number of para-hydroxylation sites is 1. The Morgan fingerprint density at radius 2 is 1.61 bits per heavy atom. The number of rotatable bonds is 2. The summed E-state index contributed by atoms with van der Waals surface area (Å²) in [5.74, 6) is -2.66. The van der Waals surface area contributed by atoms with Crippen LogP contribution in [0.3, 0.4) is 0 Å². The van der Waals surface area contributed by atoms with E-state index in [-0.39, 0.29) is 16.3 Å². The first-order valence-corrected chi connectivity index (χ1v) is 10.2. The van der Waals surface area contributed by atoms with E-state index in [0.717, 1.165) is 29.2 Å². The summed E-state index contributed by atoms with van der Waals surface area (Å²) in [5.41, 5.74) is -2.38. The second-order valence-electron chi connectivity index (χ2n) is 8.86. The molecule has 3 fully saturated rings. The fraction of sp³-hybridized carbons (Fsp3) is 0.429. The van der Waals surface area contributed by atoms with Gasteiger partial charge in [-0.3, -0.25) is 4.90 Å². The van der Waals surface area contributed by atoms with E-state index in [4.69, 9.17) is 0 Å². The van der Waals surface area contributed by atoms with Crippen molar-refractivity contribution in [3.63, 3.8) is 0 Å². The van der Waals surface area contributed by atoms with Gasteiger partial charge in [-0.05, 0) is 49.2 Å². The van der Waals surface area contributed by atoms with Gasteiger partial charge in [-0.1, -0.05) is 19.1 Å². The summed E-state index contributed by atoms with van der Waals surface area (Å²) in [6.07, 6.45) is -3.67. The number of hydrogen-bond donors (Lipinski definition) is 5. The molecule has 2 aromatic rings. The molecule has 2 aliphatic carbocycles. The molecule has 0 amide bonds. The van der Waals surface area contributed by atoms with Gasteiger partial charge in [0.2, 0.25) is 0 Å². The Morgan fingerprint density at radius 3 is 2.19 bits per heavy atom. The molecule has 5 rings (SSSR count). The standard InChI is InChI=1S/C21H21F3N2O4S/c1-17-11-18(17)10-16(18)25(13-8-6-12(7-9-13)19(22,23)24)21(29,30)26(20(17,27)28)14-4-2-3-5-15(14)31/h2-9,16,27-31H,10-11H2,1H3. The maximum absolute atomic E-state index is 13.0. The molecule has 0 bridgehead atoms. The highest BCUT2D eigenvalue weighted by Gasteiger charge is 2.90. The molecule has 1 aliphatic heterocycles. The van der Waals surface area contributed by atoms with Gasteiger partial charge < -0.3 is 20.4 Å². The molecule has 4 N–H and O–H groups in total. The van der Waals surface area contributed by atoms with Crippen LogP contribution in [0.1, 0.15) is 25.3 Å². The number of benzene rings is 2. The molecule has 1 saturated heterocycles. The third-order valence-electron chi connectivity index (χ3n) is 7.26. The Kier molecular flexibility index (Phi) is 3.96. The second kappa shape index (κ2) is 5.87. The maximum Gasteiger partial charge on any atom is 0.416 e. The molecule has 1 spiro atoms. The maximum atomic E-state index is 13.0. The van der Waals surface area contributed by atoms with Crippen LogP contribution >= 0.6 is 12.6 Å².